The second-order valence-corrected chi connectivity index (χ2v) is 5.82. The van der Waals surface area contributed by atoms with Gasteiger partial charge >= 0.3 is 0 Å². The quantitative estimate of drug-likeness (QED) is 0.560. The van der Waals surface area contributed by atoms with Gasteiger partial charge in [-0.2, -0.15) is 0 Å². The maximum Gasteiger partial charge on any atom is 0.0774 e. The van der Waals surface area contributed by atoms with Crippen molar-refractivity contribution in [2.45, 2.75) is 38.2 Å². The van der Waals surface area contributed by atoms with E-state index >= 15 is 0 Å². The van der Waals surface area contributed by atoms with Gasteiger partial charge in [-0.05, 0) is 18.8 Å². The highest BCUT2D eigenvalue weighted by Crippen LogP contribution is 2.31. The summed E-state index contributed by atoms with van der Waals surface area (Å²) in [5.74, 6) is 0.635. The number of rotatable bonds is 11. The van der Waals surface area contributed by atoms with Crippen LogP contribution < -0.4 is 5.32 Å². The average molecular weight is 289 g/mol. The van der Waals surface area contributed by atoms with Gasteiger partial charge in [0.15, 0.2) is 0 Å². The summed E-state index contributed by atoms with van der Waals surface area (Å²) in [6.07, 6.45) is 4.20. The van der Waals surface area contributed by atoms with Crippen LogP contribution in [-0.4, -0.2) is 63.9 Å². The third-order valence-electron chi connectivity index (χ3n) is 3.75. The first-order valence-corrected chi connectivity index (χ1v) is 7.74. The molecule has 2 atom stereocenters. The minimum absolute atomic E-state index is 0.513. The van der Waals surface area contributed by atoms with E-state index in [-0.39, 0.29) is 0 Å². The van der Waals surface area contributed by atoms with Crippen LogP contribution in [-0.2, 0) is 14.2 Å². The van der Waals surface area contributed by atoms with Crippen LogP contribution in [0, 0.1) is 5.92 Å². The molecule has 5 nitrogen and oxygen atoms in total. The molecule has 120 valence electrons. The Morgan fingerprint density at radius 1 is 1.15 bits per heavy atom. The van der Waals surface area contributed by atoms with Crippen molar-refractivity contribution in [3.05, 3.63) is 0 Å². The molecule has 0 spiro atoms. The Labute approximate surface area is 123 Å². The number of hydrogen-bond acceptors (Lipinski definition) is 5. The maximum absolute atomic E-state index is 10.4. The van der Waals surface area contributed by atoms with Crippen molar-refractivity contribution in [3.8, 4) is 0 Å². The molecule has 20 heavy (non-hydrogen) atoms. The summed E-state index contributed by atoms with van der Waals surface area (Å²) >= 11 is 0. The van der Waals surface area contributed by atoms with Gasteiger partial charge < -0.3 is 24.6 Å². The molecule has 0 radical (unpaired) electrons. The van der Waals surface area contributed by atoms with Crippen molar-refractivity contribution in [1.29, 1.82) is 0 Å². The number of methoxy groups -OCH3 is 1. The minimum atomic E-state index is -0.513. The molecule has 5 heteroatoms. The Kier molecular flexibility index (Phi) is 9.39. The molecule has 0 saturated heterocycles. The first-order chi connectivity index (χ1) is 9.66. The summed E-state index contributed by atoms with van der Waals surface area (Å²) in [6.45, 7) is 6.76. The lowest BCUT2D eigenvalue weighted by Crippen LogP contribution is -2.44. The van der Waals surface area contributed by atoms with Gasteiger partial charge in [-0.3, -0.25) is 0 Å². The monoisotopic (exact) mass is 289 g/mol. The zero-order valence-corrected chi connectivity index (χ0v) is 13.0. The van der Waals surface area contributed by atoms with E-state index in [1.165, 1.54) is 6.42 Å². The van der Waals surface area contributed by atoms with E-state index in [0.717, 1.165) is 25.8 Å². The molecule has 0 aromatic rings. The maximum atomic E-state index is 10.4. The Morgan fingerprint density at radius 2 is 1.85 bits per heavy atom. The molecule has 0 aliphatic heterocycles. The smallest absolute Gasteiger partial charge is 0.0774 e. The predicted octanol–water partition coefficient (Wildman–Crippen LogP) is 1.20. The van der Waals surface area contributed by atoms with Crippen molar-refractivity contribution in [1.82, 2.24) is 5.32 Å². The van der Waals surface area contributed by atoms with Crippen molar-refractivity contribution in [2.24, 2.45) is 5.92 Å². The molecular weight excluding hydrogens is 258 g/mol. The lowest BCUT2D eigenvalue weighted by Gasteiger charge is -2.35. The van der Waals surface area contributed by atoms with Crippen LogP contribution in [0.4, 0.5) is 0 Å². The van der Waals surface area contributed by atoms with E-state index in [1.54, 1.807) is 7.11 Å². The van der Waals surface area contributed by atoms with E-state index < -0.39 is 5.60 Å². The highest BCUT2D eigenvalue weighted by atomic mass is 16.5. The zero-order chi connectivity index (χ0) is 14.7. The summed E-state index contributed by atoms with van der Waals surface area (Å²) in [5, 5.41) is 13.7. The Balaban J connectivity index is 1.89. The van der Waals surface area contributed by atoms with Gasteiger partial charge in [-0.15, -0.1) is 0 Å². The fourth-order valence-corrected chi connectivity index (χ4v) is 2.72. The van der Waals surface area contributed by atoms with E-state index in [1.807, 2.05) is 0 Å². The average Bonchev–Trinajstić information content (AvgIpc) is 2.40. The number of nitrogens with one attached hydrogen (secondary N) is 1. The van der Waals surface area contributed by atoms with E-state index in [0.29, 0.717) is 45.5 Å². The topological polar surface area (TPSA) is 60.0 Å². The van der Waals surface area contributed by atoms with E-state index in [4.69, 9.17) is 14.2 Å². The van der Waals surface area contributed by atoms with Crippen molar-refractivity contribution < 1.29 is 19.3 Å². The third-order valence-corrected chi connectivity index (χ3v) is 3.75. The van der Waals surface area contributed by atoms with Crippen LogP contribution in [0.2, 0.25) is 0 Å². The highest BCUT2D eigenvalue weighted by Gasteiger charge is 2.31. The van der Waals surface area contributed by atoms with Gasteiger partial charge in [-0.25, -0.2) is 0 Å². The molecule has 1 aliphatic rings. The standard InChI is InChI=1S/C15H31NO4/c1-14-4-3-5-15(17,12-14)13-16-6-7-19-10-11-20-9-8-18-2/h14,16-17H,3-13H2,1-2H3. The van der Waals surface area contributed by atoms with E-state index in [9.17, 15) is 5.11 Å². The summed E-state index contributed by atoms with van der Waals surface area (Å²) in [7, 11) is 1.66. The van der Waals surface area contributed by atoms with Gasteiger partial charge in [0, 0.05) is 20.2 Å². The molecule has 0 aromatic heterocycles. The van der Waals surface area contributed by atoms with Gasteiger partial charge in [-0.1, -0.05) is 19.8 Å². The molecule has 0 bridgehead atoms. The van der Waals surface area contributed by atoms with Crippen LogP contribution in [0.5, 0.6) is 0 Å². The van der Waals surface area contributed by atoms with Gasteiger partial charge in [0.1, 0.15) is 0 Å². The molecule has 1 rings (SSSR count). The molecule has 0 aromatic carbocycles. The Morgan fingerprint density at radius 3 is 2.55 bits per heavy atom. The van der Waals surface area contributed by atoms with Crippen LogP contribution in [0.1, 0.15) is 32.6 Å². The number of hydrogen-bond donors (Lipinski definition) is 2. The first-order valence-electron chi connectivity index (χ1n) is 7.74. The fraction of sp³-hybridized carbons (Fsp3) is 1.00. The molecular formula is C15H31NO4. The van der Waals surface area contributed by atoms with Crippen LogP contribution in [0.25, 0.3) is 0 Å². The van der Waals surface area contributed by atoms with Crippen LogP contribution >= 0.6 is 0 Å². The fourth-order valence-electron chi connectivity index (χ4n) is 2.72. The Hall–Kier alpha value is -0.200. The number of ether oxygens (including phenoxy) is 3. The normalized spacial score (nSPS) is 26.9. The predicted molar refractivity (Wildman–Crippen MR) is 79.0 cm³/mol. The molecule has 0 amide bonds. The lowest BCUT2D eigenvalue weighted by molar-refractivity contribution is -0.0139. The molecule has 1 fully saturated rings. The summed E-state index contributed by atoms with van der Waals surface area (Å²) < 4.78 is 15.6. The number of aliphatic hydroxyl groups is 1. The van der Waals surface area contributed by atoms with Gasteiger partial charge in [0.05, 0.1) is 38.6 Å². The van der Waals surface area contributed by atoms with Crippen molar-refractivity contribution >= 4 is 0 Å². The summed E-state index contributed by atoms with van der Waals surface area (Å²) in [4.78, 5) is 0. The zero-order valence-electron chi connectivity index (χ0n) is 13.0. The molecule has 1 aliphatic carbocycles. The Bertz CT molecular complexity index is 240. The van der Waals surface area contributed by atoms with Crippen molar-refractivity contribution in [3.63, 3.8) is 0 Å². The minimum Gasteiger partial charge on any atom is -0.389 e. The van der Waals surface area contributed by atoms with Crippen molar-refractivity contribution in [2.75, 3.05) is 53.2 Å². The summed E-state index contributed by atoms with van der Waals surface area (Å²) in [5.41, 5.74) is -0.513. The lowest BCUT2D eigenvalue weighted by atomic mass is 9.79. The molecule has 2 unspecified atom stereocenters. The SMILES string of the molecule is COCCOCCOCCNCC1(O)CCCC(C)C1. The summed E-state index contributed by atoms with van der Waals surface area (Å²) in [6, 6.07) is 0. The first kappa shape index (κ1) is 17.9. The highest BCUT2D eigenvalue weighted by molar-refractivity contribution is 4.86. The van der Waals surface area contributed by atoms with E-state index in [2.05, 4.69) is 12.2 Å². The van der Waals surface area contributed by atoms with Gasteiger partial charge in [0.25, 0.3) is 0 Å². The second kappa shape index (κ2) is 10.5. The van der Waals surface area contributed by atoms with Gasteiger partial charge in [0.2, 0.25) is 0 Å². The van der Waals surface area contributed by atoms with Crippen LogP contribution in [0.3, 0.4) is 0 Å². The molecule has 1 saturated carbocycles. The molecule has 2 N–H and O–H groups in total. The second-order valence-electron chi connectivity index (χ2n) is 5.82. The third kappa shape index (κ3) is 8.17. The van der Waals surface area contributed by atoms with Crippen LogP contribution in [0.15, 0.2) is 0 Å². The molecule has 0 heterocycles. The largest absolute Gasteiger partial charge is 0.389 e.